The van der Waals surface area contributed by atoms with Gasteiger partial charge in [0.05, 0.1) is 18.6 Å². The van der Waals surface area contributed by atoms with Crippen LogP contribution < -0.4 is 0 Å². The van der Waals surface area contributed by atoms with E-state index in [1.807, 2.05) is 0 Å². The molecule has 15 heavy (non-hydrogen) atoms. The number of aliphatic hydroxyl groups is 1. The molecule has 2 rings (SSSR count). The van der Waals surface area contributed by atoms with Crippen LogP contribution in [-0.2, 0) is 5.72 Å². The molecular weight excluding hydrogens is 196 g/mol. The SMILES string of the molecule is CC(O)(C=Cn1ccnn1)n1ccnn1. The minimum absolute atomic E-state index is 1.23. The molecule has 78 valence electrons. The lowest BCUT2D eigenvalue weighted by Crippen LogP contribution is -2.27. The molecule has 2 aromatic heterocycles. The van der Waals surface area contributed by atoms with Gasteiger partial charge in [-0.25, -0.2) is 9.36 Å². The van der Waals surface area contributed by atoms with Crippen LogP contribution >= 0.6 is 0 Å². The van der Waals surface area contributed by atoms with Crippen LogP contribution in [-0.4, -0.2) is 35.1 Å². The van der Waals surface area contributed by atoms with Gasteiger partial charge in [-0.1, -0.05) is 10.4 Å². The molecule has 0 aromatic carbocycles. The van der Waals surface area contributed by atoms with Gasteiger partial charge >= 0.3 is 0 Å². The fraction of sp³-hybridized carbons (Fsp3) is 0.250. The Bertz CT molecular complexity index is 430. The maximum Gasteiger partial charge on any atom is 0.177 e. The van der Waals surface area contributed by atoms with Crippen LogP contribution in [0.4, 0.5) is 0 Å². The van der Waals surface area contributed by atoms with E-state index < -0.39 is 5.72 Å². The normalized spacial score (nSPS) is 15.6. The third-order valence-electron chi connectivity index (χ3n) is 1.87. The highest BCUT2D eigenvalue weighted by Gasteiger charge is 2.19. The first-order valence-electron chi connectivity index (χ1n) is 4.33. The van der Waals surface area contributed by atoms with Crippen LogP contribution in [0.3, 0.4) is 0 Å². The molecule has 0 aliphatic rings. The van der Waals surface area contributed by atoms with Crippen LogP contribution in [0.2, 0.25) is 0 Å². The van der Waals surface area contributed by atoms with Crippen molar-refractivity contribution in [2.45, 2.75) is 12.6 Å². The van der Waals surface area contributed by atoms with Crippen molar-refractivity contribution in [1.82, 2.24) is 30.0 Å². The molecule has 1 atom stereocenters. The fourth-order valence-corrected chi connectivity index (χ4v) is 1.04. The Labute approximate surface area is 85.6 Å². The Morgan fingerprint density at radius 3 is 2.53 bits per heavy atom. The maximum atomic E-state index is 9.99. The van der Waals surface area contributed by atoms with Crippen LogP contribution in [0.5, 0.6) is 0 Å². The zero-order valence-corrected chi connectivity index (χ0v) is 8.09. The summed E-state index contributed by atoms with van der Waals surface area (Å²) in [5, 5.41) is 24.7. The van der Waals surface area contributed by atoms with Crippen molar-refractivity contribution < 1.29 is 5.11 Å². The van der Waals surface area contributed by atoms with E-state index in [4.69, 9.17) is 0 Å². The van der Waals surface area contributed by atoms with Crippen molar-refractivity contribution >= 4 is 6.20 Å². The summed E-state index contributed by atoms with van der Waals surface area (Å²) in [5.74, 6) is 0. The summed E-state index contributed by atoms with van der Waals surface area (Å²) in [5.41, 5.74) is -1.23. The van der Waals surface area contributed by atoms with Gasteiger partial charge in [-0.15, -0.1) is 10.2 Å². The van der Waals surface area contributed by atoms with Gasteiger partial charge in [-0.05, 0) is 13.0 Å². The molecule has 0 aliphatic heterocycles. The second-order valence-corrected chi connectivity index (χ2v) is 3.14. The van der Waals surface area contributed by atoms with E-state index in [1.54, 1.807) is 31.7 Å². The van der Waals surface area contributed by atoms with E-state index >= 15 is 0 Å². The summed E-state index contributed by atoms with van der Waals surface area (Å²) in [4.78, 5) is 0. The summed E-state index contributed by atoms with van der Waals surface area (Å²) >= 11 is 0. The zero-order chi connectivity index (χ0) is 10.7. The number of hydrogen-bond donors (Lipinski definition) is 1. The molecule has 0 fully saturated rings. The van der Waals surface area contributed by atoms with Gasteiger partial charge in [-0.2, -0.15) is 0 Å². The van der Waals surface area contributed by atoms with E-state index in [0.717, 1.165) is 0 Å². The molecule has 2 heterocycles. The Kier molecular flexibility index (Phi) is 2.30. The fourth-order valence-electron chi connectivity index (χ4n) is 1.04. The highest BCUT2D eigenvalue weighted by molar-refractivity contribution is 5.22. The molecule has 0 spiro atoms. The van der Waals surface area contributed by atoms with E-state index in [-0.39, 0.29) is 0 Å². The molecule has 0 amide bonds. The van der Waals surface area contributed by atoms with Gasteiger partial charge in [-0.3, -0.25) is 0 Å². The molecule has 7 nitrogen and oxygen atoms in total. The van der Waals surface area contributed by atoms with Crippen LogP contribution in [0.1, 0.15) is 6.92 Å². The largest absolute Gasteiger partial charge is 0.366 e. The molecular formula is C8H10N6O. The average molecular weight is 206 g/mol. The van der Waals surface area contributed by atoms with Gasteiger partial charge < -0.3 is 5.11 Å². The summed E-state index contributed by atoms with van der Waals surface area (Å²) in [7, 11) is 0. The highest BCUT2D eigenvalue weighted by Crippen LogP contribution is 2.11. The molecule has 0 aliphatic carbocycles. The highest BCUT2D eigenvalue weighted by atomic mass is 16.3. The van der Waals surface area contributed by atoms with E-state index in [9.17, 15) is 5.11 Å². The first-order chi connectivity index (χ1) is 7.18. The molecule has 0 radical (unpaired) electrons. The van der Waals surface area contributed by atoms with Crippen molar-refractivity contribution in [1.29, 1.82) is 0 Å². The van der Waals surface area contributed by atoms with E-state index in [2.05, 4.69) is 20.6 Å². The van der Waals surface area contributed by atoms with E-state index in [0.29, 0.717) is 0 Å². The standard InChI is InChI=1S/C8H10N6O/c1-8(15,14-7-4-10-12-14)2-5-13-6-3-9-11-13/h2-7,15H,1H3. The Morgan fingerprint density at radius 1 is 1.20 bits per heavy atom. The molecule has 0 saturated carbocycles. The molecule has 1 N–H and O–H groups in total. The second-order valence-electron chi connectivity index (χ2n) is 3.14. The third-order valence-corrected chi connectivity index (χ3v) is 1.87. The molecule has 0 bridgehead atoms. The lowest BCUT2D eigenvalue weighted by atomic mass is 10.2. The average Bonchev–Trinajstić information content (AvgIpc) is 2.88. The summed E-state index contributed by atoms with van der Waals surface area (Å²) in [6, 6.07) is 0. The van der Waals surface area contributed by atoms with Crippen molar-refractivity contribution in [2.75, 3.05) is 0 Å². The van der Waals surface area contributed by atoms with Crippen LogP contribution in [0.25, 0.3) is 6.20 Å². The predicted octanol–water partition coefficient (Wildman–Crippen LogP) is -0.295. The molecule has 1 unspecified atom stereocenters. The summed E-state index contributed by atoms with van der Waals surface area (Å²) in [6.07, 6.45) is 9.41. The van der Waals surface area contributed by atoms with Gasteiger partial charge in [0.1, 0.15) is 0 Å². The Morgan fingerprint density at radius 2 is 1.93 bits per heavy atom. The first-order valence-corrected chi connectivity index (χ1v) is 4.33. The minimum Gasteiger partial charge on any atom is -0.366 e. The lowest BCUT2D eigenvalue weighted by Gasteiger charge is -2.17. The Balaban J connectivity index is 2.18. The minimum atomic E-state index is -1.23. The lowest BCUT2D eigenvalue weighted by molar-refractivity contribution is 0.0199. The third kappa shape index (κ3) is 2.08. The number of rotatable bonds is 3. The van der Waals surface area contributed by atoms with Crippen LogP contribution in [0, 0.1) is 0 Å². The van der Waals surface area contributed by atoms with Crippen molar-refractivity contribution in [3.63, 3.8) is 0 Å². The van der Waals surface area contributed by atoms with E-state index in [1.165, 1.54) is 21.6 Å². The smallest absolute Gasteiger partial charge is 0.177 e. The Hall–Kier alpha value is -2.02. The van der Waals surface area contributed by atoms with Crippen LogP contribution in [0.15, 0.2) is 30.9 Å². The zero-order valence-electron chi connectivity index (χ0n) is 8.09. The molecule has 0 saturated heterocycles. The maximum absolute atomic E-state index is 9.99. The topological polar surface area (TPSA) is 81.6 Å². The monoisotopic (exact) mass is 206 g/mol. The van der Waals surface area contributed by atoms with Gasteiger partial charge in [0.2, 0.25) is 0 Å². The number of hydrogen-bond acceptors (Lipinski definition) is 5. The molecule has 7 heteroatoms. The quantitative estimate of drug-likeness (QED) is 0.746. The van der Waals surface area contributed by atoms with Gasteiger partial charge in [0.25, 0.3) is 0 Å². The molecule has 2 aromatic rings. The van der Waals surface area contributed by atoms with Gasteiger partial charge in [0.15, 0.2) is 5.72 Å². The summed E-state index contributed by atoms with van der Waals surface area (Å²) in [6.45, 7) is 1.59. The second kappa shape index (κ2) is 3.62. The van der Waals surface area contributed by atoms with Crippen molar-refractivity contribution in [3.8, 4) is 0 Å². The van der Waals surface area contributed by atoms with Crippen molar-refractivity contribution in [3.05, 3.63) is 30.9 Å². The predicted molar refractivity (Wildman–Crippen MR) is 51.2 cm³/mol. The first kappa shape index (κ1) is 9.53. The number of aromatic nitrogens is 6. The summed E-state index contributed by atoms with van der Waals surface area (Å²) < 4.78 is 2.81. The van der Waals surface area contributed by atoms with Crippen molar-refractivity contribution in [2.24, 2.45) is 0 Å². The van der Waals surface area contributed by atoms with Gasteiger partial charge in [0, 0.05) is 12.4 Å². The number of nitrogens with zero attached hydrogens (tertiary/aromatic N) is 6.